The van der Waals surface area contributed by atoms with E-state index in [1.54, 1.807) is 12.4 Å². The fourth-order valence-corrected chi connectivity index (χ4v) is 3.10. The summed E-state index contributed by atoms with van der Waals surface area (Å²) in [5, 5.41) is 0.719. The molecule has 2 heterocycles. The molecule has 1 aliphatic rings. The lowest BCUT2D eigenvalue weighted by Crippen LogP contribution is -1.98. The SMILES string of the molecule is Clc1cnccc1CC(Br)c1ccc2c(c1)COC2. The number of alkyl halides is 1. The Morgan fingerprint density at radius 2 is 2.11 bits per heavy atom. The molecule has 2 aromatic rings. The number of aromatic nitrogens is 1. The maximum atomic E-state index is 6.15. The molecule has 1 aromatic carbocycles. The van der Waals surface area contributed by atoms with Crippen LogP contribution in [0.4, 0.5) is 0 Å². The number of hydrogen-bond donors (Lipinski definition) is 0. The van der Waals surface area contributed by atoms with Crippen LogP contribution in [0.25, 0.3) is 0 Å². The molecule has 0 fully saturated rings. The first-order valence-corrected chi connectivity index (χ1v) is 7.45. The largest absolute Gasteiger partial charge is 0.372 e. The van der Waals surface area contributed by atoms with E-state index in [0.717, 1.165) is 30.2 Å². The Hall–Kier alpha value is -0.900. The average molecular weight is 339 g/mol. The van der Waals surface area contributed by atoms with Gasteiger partial charge in [0.2, 0.25) is 0 Å². The highest BCUT2D eigenvalue weighted by Gasteiger charge is 2.15. The summed E-state index contributed by atoms with van der Waals surface area (Å²) in [5.74, 6) is 0. The van der Waals surface area contributed by atoms with Gasteiger partial charge in [-0.05, 0) is 34.7 Å². The maximum absolute atomic E-state index is 6.15. The normalized spacial score (nSPS) is 15.3. The van der Waals surface area contributed by atoms with Crippen molar-refractivity contribution in [3.63, 3.8) is 0 Å². The molecule has 4 heteroatoms. The van der Waals surface area contributed by atoms with Gasteiger partial charge in [-0.1, -0.05) is 45.7 Å². The molecule has 0 saturated carbocycles. The number of hydrogen-bond acceptors (Lipinski definition) is 2. The summed E-state index contributed by atoms with van der Waals surface area (Å²) in [6.07, 6.45) is 4.31. The Bertz CT molecular complexity index is 602. The van der Waals surface area contributed by atoms with E-state index in [2.05, 4.69) is 39.1 Å². The van der Waals surface area contributed by atoms with Gasteiger partial charge in [-0.3, -0.25) is 4.98 Å². The molecule has 0 N–H and O–H groups in total. The second-order valence-electron chi connectivity index (χ2n) is 4.66. The molecule has 1 aliphatic heterocycles. The lowest BCUT2D eigenvalue weighted by atomic mass is 10.0. The summed E-state index contributed by atoms with van der Waals surface area (Å²) in [7, 11) is 0. The van der Waals surface area contributed by atoms with Gasteiger partial charge in [0, 0.05) is 17.2 Å². The molecule has 1 atom stereocenters. The van der Waals surface area contributed by atoms with Crippen LogP contribution in [0, 0.1) is 0 Å². The van der Waals surface area contributed by atoms with Crippen LogP contribution in [0.15, 0.2) is 36.7 Å². The van der Waals surface area contributed by atoms with Gasteiger partial charge in [0.05, 0.1) is 18.2 Å². The molecule has 0 aliphatic carbocycles. The van der Waals surface area contributed by atoms with Crippen LogP contribution in [0.5, 0.6) is 0 Å². The second-order valence-corrected chi connectivity index (χ2v) is 6.17. The van der Waals surface area contributed by atoms with Crippen molar-refractivity contribution in [3.8, 4) is 0 Å². The topological polar surface area (TPSA) is 22.1 Å². The van der Waals surface area contributed by atoms with Crippen molar-refractivity contribution < 1.29 is 4.74 Å². The third kappa shape index (κ3) is 2.83. The van der Waals surface area contributed by atoms with Crippen LogP contribution in [0.2, 0.25) is 5.02 Å². The molecule has 3 rings (SSSR count). The molecule has 1 aromatic heterocycles. The third-order valence-electron chi connectivity index (χ3n) is 3.36. The summed E-state index contributed by atoms with van der Waals surface area (Å²) in [4.78, 5) is 4.26. The molecule has 19 heavy (non-hydrogen) atoms. The number of halogens is 2. The van der Waals surface area contributed by atoms with E-state index in [0.29, 0.717) is 0 Å². The Kier molecular flexibility index (Phi) is 3.87. The molecule has 0 saturated heterocycles. The molecule has 98 valence electrons. The zero-order valence-corrected chi connectivity index (χ0v) is 12.6. The van der Waals surface area contributed by atoms with Crippen molar-refractivity contribution in [3.05, 3.63) is 63.9 Å². The Morgan fingerprint density at radius 1 is 1.26 bits per heavy atom. The maximum Gasteiger partial charge on any atom is 0.0725 e. The van der Waals surface area contributed by atoms with E-state index in [4.69, 9.17) is 16.3 Å². The van der Waals surface area contributed by atoms with E-state index in [-0.39, 0.29) is 4.83 Å². The van der Waals surface area contributed by atoms with E-state index in [1.807, 2.05) is 6.07 Å². The van der Waals surface area contributed by atoms with E-state index >= 15 is 0 Å². The zero-order valence-electron chi connectivity index (χ0n) is 10.3. The number of benzene rings is 1. The number of nitrogens with zero attached hydrogens (tertiary/aromatic N) is 1. The zero-order chi connectivity index (χ0) is 13.2. The third-order valence-corrected chi connectivity index (χ3v) is 4.56. The minimum absolute atomic E-state index is 0.248. The van der Waals surface area contributed by atoms with E-state index in [9.17, 15) is 0 Å². The van der Waals surface area contributed by atoms with Crippen LogP contribution in [0.1, 0.15) is 27.1 Å². The van der Waals surface area contributed by atoms with Gasteiger partial charge in [0.1, 0.15) is 0 Å². The molecule has 0 radical (unpaired) electrons. The molecular formula is C15H13BrClNO. The van der Waals surface area contributed by atoms with Gasteiger partial charge < -0.3 is 4.74 Å². The standard InChI is InChI=1S/C15H13BrClNO/c16-14(6-11-3-4-18-7-15(11)17)10-1-2-12-8-19-9-13(12)5-10/h1-5,7,14H,6,8-9H2. The summed E-state index contributed by atoms with van der Waals surface area (Å²) in [6.45, 7) is 1.46. The van der Waals surface area contributed by atoms with Gasteiger partial charge in [-0.15, -0.1) is 0 Å². The predicted octanol–water partition coefficient (Wildman–Crippen LogP) is 4.44. The summed E-state index contributed by atoms with van der Waals surface area (Å²) >= 11 is 9.89. The second kappa shape index (κ2) is 5.61. The summed E-state index contributed by atoms with van der Waals surface area (Å²) < 4.78 is 5.44. The van der Waals surface area contributed by atoms with Crippen LogP contribution in [0.3, 0.4) is 0 Å². The van der Waals surface area contributed by atoms with Gasteiger partial charge in [0.15, 0.2) is 0 Å². The van der Waals surface area contributed by atoms with Crippen LogP contribution < -0.4 is 0 Å². The quantitative estimate of drug-likeness (QED) is 0.772. The number of ether oxygens (including phenoxy) is 1. The average Bonchev–Trinajstić information content (AvgIpc) is 2.88. The fraction of sp³-hybridized carbons (Fsp3) is 0.267. The van der Waals surface area contributed by atoms with E-state index in [1.165, 1.54) is 16.7 Å². The highest BCUT2D eigenvalue weighted by Crippen LogP contribution is 2.32. The van der Waals surface area contributed by atoms with Crippen LogP contribution >= 0.6 is 27.5 Å². The Labute approximate surface area is 125 Å². The van der Waals surface area contributed by atoms with E-state index < -0.39 is 0 Å². The first-order chi connectivity index (χ1) is 9.24. The van der Waals surface area contributed by atoms with Crippen molar-refractivity contribution in [2.24, 2.45) is 0 Å². The molecule has 0 spiro atoms. The number of fused-ring (bicyclic) bond motifs is 1. The number of pyridine rings is 1. The van der Waals surface area contributed by atoms with Crippen molar-refractivity contribution in [1.29, 1.82) is 0 Å². The predicted molar refractivity (Wildman–Crippen MR) is 79.6 cm³/mol. The molecule has 0 amide bonds. The molecule has 1 unspecified atom stereocenters. The molecular weight excluding hydrogens is 326 g/mol. The van der Waals surface area contributed by atoms with Gasteiger partial charge in [-0.2, -0.15) is 0 Å². The Balaban J connectivity index is 1.81. The smallest absolute Gasteiger partial charge is 0.0725 e. The molecule has 0 bridgehead atoms. The van der Waals surface area contributed by atoms with Crippen molar-refractivity contribution in [2.45, 2.75) is 24.5 Å². The van der Waals surface area contributed by atoms with Crippen molar-refractivity contribution in [2.75, 3.05) is 0 Å². The van der Waals surface area contributed by atoms with Gasteiger partial charge in [-0.25, -0.2) is 0 Å². The first kappa shape index (κ1) is 13.1. The minimum Gasteiger partial charge on any atom is -0.372 e. The van der Waals surface area contributed by atoms with Gasteiger partial charge in [0.25, 0.3) is 0 Å². The van der Waals surface area contributed by atoms with Gasteiger partial charge >= 0.3 is 0 Å². The van der Waals surface area contributed by atoms with Crippen LogP contribution in [-0.2, 0) is 24.4 Å². The highest BCUT2D eigenvalue weighted by atomic mass is 79.9. The molecule has 2 nitrogen and oxygen atoms in total. The van der Waals surface area contributed by atoms with Crippen LogP contribution in [-0.4, -0.2) is 4.98 Å². The Morgan fingerprint density at radius 3 is 2.95 bits per heavy atom. The lowest BCUT2D eigenvalue weighted by molar-refractivity contribution is 0.134. The van der Waals surface area contributed by atoms with Crippen molar-refractivity contribution in [1.82, 2.24) is 4.98 Å². The monoisotopic (exact) mass is 337 g/mol. The lowest BCUT2D eigenvalue weighted by Gasteiger charge is -2.12. The number of rotatable bonds is 3. The summed E-state index contributed by atoms with van der Waals surface area (Å²) in [5.41, 5.74) is 4.96. The highest BCUT2D eigenvalue weighted by molar-refractivity contribution is 9.09. The van der Waals surface area contributed by atoms with Crippen molar-refractivity contribution >= 4 is 27.5 Å². The first-order valence-electron chi connectivity index (χ1n) is 6.16. The fourth-order valence-electron chi connectivity index (χ4n) is 2.27. The minimum atomic E-state index is 0.248. The summed E-state index contributed by atoms with van der Waals surface area (Å²) in [6, 6.07) is 8.49.